The van der Waals surface area contributed by atoms with Crippen LogP contribution in [0.5, 0.6) is 5.75 Å². The van der Waals surface area contributed by atoms with Crippen LogP contribution in [0.15, 0.2) is 29.3 Å². The second-order valence-corrected chi connectivity index (χ2v) is 7.56. The molecule has 0 spiro atoms. The van der Waals surface area contributed by atoms with Gasteiger partial charge in [0.15, 0.2) is 12.6 Å². The minimum Gasteiger partial charge on any atom is -0.484 e. The van der Waals surface area contributed by atoms with E-state index in [4.69, 9.17) is 0 Å². The number of aliphatic imine (C=N–C) groups is 1. The monoisotopic (exact) mass is 381 g/mol. The molecule has 0 saturated heterocycles. The third kappa shape index (κ3) is 10.5. The lowest BCUT2D eigenvalue weighted by Gasteiger charge is -2.11. The molecule has 1 aromatic carbocycles. The molecule has 0 saturated carbocycles. The van der Waals surface area contributed by atoms with Crippen LogP contribution < -0.4 is 15.4 Å². The molecular formula is C15H22F3N3O3S. The molecule has 0 aliphatic heterocycles. The second-order valence-electron chi connectivity index (χ2n) is 5.30. The van der Waals surface area contributed by atoms with Gasteiger partial charge in [-0.3, -0.25) is 0 Å². The third-order valence-corrected chi connectivity index (χ3v) is 3.80. The van der Waals surface area contributed by atoms with E-state index < -0.39 is 22.6 Å². The topological polar surface area (TPSA) is 79.8 Å². The van der Waals surface area contributed by atoms with Gasteiger partial charge in [0.2, 0.25) is 0 Å². The van der Waals surface area contributed by atoms with Crippen LogP contribution in [0.4, 0.5) is 13.2 Å². The fraction of sp³-hybridized carbons (Fsp3) is 0.533. The van der Waals surface area contributed by atoms with E-state index in [0.717, 1.165) is 11.8 Å². The van der Waals surface area contributed by atoms with Gasteiger partial charge in [0.1, 0.15) is 15.6 Å². The molecule has 0 aliphatic rings. The zero-order valence-electron chi connectivity index (χ0n) is 14.1. The van der Waals surface area contributed by atoms with Crippen molar-refractivity contribution < 1.29 is 26.3 Å². The van der Waals surface area contributed by atoms with Gasteiger partial charge in [-0.1, -0.05) is 12.1 Å². The Morgan fingerprint density at radius 1 is 1.20 bits per heavy atom. The zero-order valence-corrected chi connectivity index (χ0v) is 14.9. The van der Waals surface area contributed by atoms with E-state index in [1.807, 2.05) is 6.92 Å². The highest BCUT2D eigenvalue weighted by atomic mass is 32.2. The summed E-state index contributed by atoms with van der Waals surface area (Å²) in [4.78, 5) is 4.30. The Hall–Kier alpha value is -1.97. The SMILES string of the molecule is CCNC(=NCc1ccc(OCC(F)(F)F)cc1)NCCS(C)(=O)=O. The summed E-state index contributed by atoms with van der Waals surface area (Å²) in [6.07, 6.45) is -3.22. The predicted octanol–water partition coefficient (Wildman–Crippen LogP) is 1.73. The number of nitrogens with zero attached hydrogens (tertiary/aromatic N) is 1. The first kappa shape index (κ1) is 21.1. The highest BCUT2D eigenvalue weighted by molar-refractivity contribution is 7.90. The summed E-state index contributed by atoms with van der Waals surface area (Å²) in [6, 6.07) is 6.13. The van der Waals surface area contributed by atoms with Crippen molar-refractivity contribution in [2.24, 2.45) is 4.99 Å². The van der Waals surface area contributed by atoms with Gasteiger partial charge in [0.25, 0.3) is 0 Å². The van der Waals surface area contributed by atoms with Crippen molar-refractivity contribution in [2.45, 2.75) is 19.6 Å². The first-order chi connectivity index (χ1) is 11.6. The average Bonchev–Trinajstić information content (AvgIpc) is 2.49. The van der Waals surface area contributed by atoms with E-state index in [9.17, 15) is 21.6 Å². The van der Waals surface area contributed by atoms with Crippen LogP contribution in [-0.4, -0.2) is 52.3 Å². The van der Waals surface area contributed by atoms with Crippen LogP contribution >= 0.6 is 0 Å². The maximum atomic E-state index is 12.1. The summed E-state index contributed by atoms with van der Waals surface area (Å²) in [5.74, 6) is 0.578. The van der Waals surface area contributed by atoms with Gasteiger partial charge in [-0.25, -0.2) is 13.4 Å². The van der Waals surface area contributed by atoms with Crippen molar-refractivity contribution in [1.82, 2.24) is 10.6 Å². The van der Waals surface area contributed by atoms with E-state index in [-0.39, 0.29) is 24.6 Å². The lowest BCUT2D eigenvalue weighted by molar-refractivity contribution is -0.153. The van der Waals surface area contributed by atoms with E-state index in [1.165, 1.54) is 12.1 Å². The number of hydrogen-bond donors (Lipinski definition) is 2. The van der Waals surface area contributed by atoms with Gasteiger partial charge in [-0.15, -0.1) is 0 Å². The summed E-state index contributed by atoms with van der Waals surface area (Å²) >= 11 is 0. The molecule has 0 bridgehead atoms. The number of nitrogens with one attached hydrogen (secondary N) is 2. The molecule has 1 rings (SSSR count). The predicted molar refractivity (Wildman–Crippen MR) is 90.5 cm³/mol. The lowest BCUT2D eigenvalue weighted by atomic mass is 10.2. The fourth-order valence-electron chi connectivity index (χ4n) is 1.72. The molecule has 1 aromatic rings. The van der Waals surface area contributed by atoms with E-state index >= 15 is 0 Å². The molecular weight excluding hydrogens is 359 g/mol. The second kappa shape index (κ2) is 9.50. The Kier molecular flexibility index (Phi) is 8.01. The molecule has 25 heavy (non-hydrogen) atoms. The number of ether oxygens (including phenoxy) is 1. The standard InChI is InChI=1S/C15H22F3N3O3S/c1-3-19-14(20-8-9-25(2,22)23)21-10-12-4-6-13(7-5-12)24-11-15(16,17)18/h4-7H,3,8-11H2,1-2H3,(H2,19,20,21). The summed E-state index contributed by atoms with van der Waals surface area (Å²) in [5.41, 5.74) is 0.777. The first-order valence-electron chi connectivity index (χ1n) is 7.57. The summed E-state index contributed by atoms with van der Waals surface area (Å²) in [7, 11) is -3.06. The molecule has 10 heteroatoms. The minimum atomic E-state index is -4.37. The van der Waals surface area contributed by atoms with Crippen LogP contribution in [0.1, 0.15) is 12.5 Å². The molecule has 142 valence electrons. The van der Waals surface area contributed by atoms with Crippen LogP contribution in [0.2, 0.25) is 0 Å². The maximum Gasteiger partial charge on any atom is 0.422 e. The molecule has 0 aromatic heterocycles. The Bertz CT molecular complexity index is 659. The highest BCUT2D eigenvalue weighted by Gasteiger charge is 2.28. The molecule has 6 nitrogen and oxygen atoms in total. The van der Waals surface area contributed by atoms with Gasteiger partial charge < -0.3 is 15.4 Å². The summed E-state index contributed by atoms with van der Waals surface area (Å²) in [5, 5.41) is 5.89. The Morgan fingerprint density at radius 3 is 2.36 bits per heavy atom. The highest BCUT2D eigenvalue weighted by Crippen LogP contribution is 2.19. The minimum absolute atomic E-state index is 0.0113. The molecule has 0 aliphatic carbocycles. The van der Waals surface area contributed by atoms with Crippen molar-refractivity contribution in [2.75, 3.05) is 31.7 Å². The van der Waals surface area contributed by atoms with Crippen LogP contribution in [0.25, 0.3) is 0 Å². The molecule has 0 radical (unpaired) electrons. The van der Waals surface area contributed by atoms with E-state index in [2.05, 4.69) is 20.4 Å². The Morgan fingerprint density at radius 2 is 1.84 bits per heavy atom. The van der Waals surface area contributed by atoms with Crippen molar-refractivity contribution in [3.05, 3.63) is 29.8 Å². The van der Waals surface area contributed by atoms with Crippen molar-refractivity contribution in [3.63, 3.8) is 0 Å². The number of guanidine groups is 1. The largest absolute Gasteiger partial charge is 0.484 e. The van der Waals surface area contributed by atoms with Gasteiger partial charge in [0.05, 0.1) is 12.3 Å². The van der Waals surface area contributed by atoms with Gasteiger partial charge >= 0.3 is 6.18 Å². The van der Waals surface area contributed by atoms with Crippen LogP contribution in [0, 0.1) is 0 Å². The Labute approximate surface area is 145 Å². The summed E-state index contributed by atoms with van der Waals surface area (Å²) in [6.45, 7) is 1.66. The normalized spacial score (nSPS) is 12.8. The molecule has 0 atom stereocenters. The van der Waals surface area contributed by atoms with Gasteiger partial charge in [-0.05, 0) is 24.6 Å². The number of rotatable bonds is 8. The summed E-state index contributed by atoms with van der Waals surface area (Å²) < 4.78 is 63.1. The first-order valence-corrected chi connectivity index (χ1v) is 9.63. The van der Waals surface area contributed by atoms with Crippen LogP contribution in [-0.2, 0) is 16.4 Å². The fourth-order valence-corrected chi connectivity index (χ4v) is 2.20. The number of sulfone groups is 1. The van der Waals surface area contributed by atoms with Gasteiger partial charge in [-0.2, -0.15) is 13.2 Å². The van der Waals surface area contributed by atoms with E-state index in [1.54, 1.807) is 12.1 Å². The van der Waals surface area contributed by atoms with Crippen molar-refractivity contribution in [3.8, 4) is 5.75 Å². The molecule has 0 amide bonds. The van der Waals surface area contributed by atoms with Crippen molar-refractivity contribution >= 4 is 15.8 Å². The third-order valence-electron chi connectivity index (χ3n) is 2.86. The molecule has 0 unspecified atom stereocenters. The molecule has 2 N–H and O–H groups in total. The van der Waals surface area contributed by atoms with Crippen LogP contribution in [0.3, 0.4) is 0 Å². The molecule has 0 heterocycles. The smallest absolute Gasteiger partial charge is 0.422 e. The van der Waals surface area contributed by atoms with Gasteiger partial charge in [0, 0.05) is 19.3 Å². The quantitative estimate of drug-likeness (QED) is 0.530. The number of alkyl halides is 3. The lowest BCUT2D eigenvalue weighted by Crippen LogP contribution is -2.39. The maximum absolute atomic E-state index is 12.1. The number of hydrogen-bond acceptors (Lipinski definition) is 4. The number of halogens is 3. The number of benzene rings is 1. The average molecular weight is 381 g/mol. The molecule has 0 fully saturated rings. The van der Waals surface area contributed by atoms with E-state index in [0.29, 0.717) is 12.5 Å². The Balaban J connectivity index is 2.57. The van der Waals surface area contributed by atoms with Crippen molar-refractivity contribution in [1.29, 1.82) is 0 Å². The zero-order chi connectivity index (χ0) is 18.9.